The van der Waals surface area contributed by atoms with Gasteiger partial charge in [-0.15, -0.1) is 0 Å². The highest BCUT2D eigenvalue weighted by atomic mass is 35.5. The smallest absolute Gasteiger partial charge is 0.250 e. The van der Waals surface area contributed by atoms with Crippen LogP contribution in [-0.4, -0.2) is 22.6 Å². The highest BCUT2D eigenvalue weighted by Crippen LogP contribution is 2.35. The normalized spacial score (nSPS) is 22.0. The third-order valence-corrected chi connectivity index (χ3v) is 5.99. The maximum absolute atomic E-state index is 12.9. The molecule has 0 unspecified atom stereocenters. The molecule has 5 nitrogen and oxygen atoms in total. The van der Waals surface area contributed by atoms with Crippen LogP contribution in [0.5, 0.6) is 0 Å². The molecule has 27 heavy (non-hydrogen) atoms. The first kappa shape index (κ1) is 16.8. The number of pyridine rings is 1. The monoisotopic (exact) mass is 382 g/mol. The Morgan fingerprint density at radius 3 is 2.89 bits per heavy atom. The fourth-order valence-corrected chi connectivity index (χ4v) is 4.79. The molecule has 2 bridgehead atoms. The van der Waals surface area contributed by atoms with Crippen molar-refractivity contribution >= 4 is 22.6 Å². The van der Waals surface area contributed by atoms with E-state index in [9.17, 15) is 9.59 Å². The zero-order valence-electron chi connectivity index (χ0n) is 14.7. The van der Waals surface area contributed by atoms with Crippen molar-refractivity contribution < 1.29 is 4.42 Å². The maximum Gasteiger partial charge on any atom is 0.250 e. The van der Waals surface area contributed by atoms with Gasteiger partial charge in [0.1, 0.15) is 5.58 Å². The van der Waals surface area contributed by atoms with Crippen LogP contribution in [0.15, 0.2) is 56.7 Å². The molecule has 0 amide bonds. The van der Waals surface area contributed by atoms with Gasteiger partial charge in [-0.1, -0.05) is 17.7 Å². The predicted octanol–water partition coefficient (Wildman–Crippen LogP) is 3.23. The molecule has 138 valence electrons. The van der Waals surface area contributed by atoms with Gasteiger partial charge in [0.15, 0.2) is 5.43 Å². The van der Waals surface area contributed by atoms with E-state index in [-0.39, 0.29) is 11.0 Å². The van der Waals surface area contributed by atoms with Gasteiger partial charge in [0.05, 0.1) is 11.6 Å². The predicted molar refractivity (Wildman–Crippen MR) is 104 cm³/mol. The molecule has 0 spiro atoms. The van der Waals surface area contributed by atoms with Crippen LogP contribution in [-0.2, 0) is 13.1 Å². The van der Waals surface area contributed by atoms with E-state index in [2.05, 4.69) is 11.0 Å². The molecule has 2 atom stereocenters. The fraction of sp³-hybridized carbons (Fsp3) is 0.333. The molecule has 1 aromatic carbocycles. The second-order valence-corrected chi connectivity index (χ2v) is 8.06. The summed E-state index contributed by atoms with van der Waals surface area (Å²) in [6, 6.07) is 10.6. The van der Waals surface area contributed by atoms with Crippen molar-refractivity contribution in [3.63, 3.8) is 0 Å². The van der Waals surface area contributed by atoms with Crippen molar-refractivity contribution in [2.75, 3.05) is 13.1 Å². The molecule has 6 heteroatoms. The second-order valence-electron chi connectivity index (χ2n) is 7.62. The van der Waals surface area contributed by atoms with Crippen molar-refractivity contribution in [3.8, 4) is 0 Å². The van der Waals surface area contributed by atoms with Crippen LogP contribution in [0.2, 0.25) is 5.02 Å². The van der Waals surface area contributed by atoms with Gasteiger partial charge in [-0.2, -0.15) is 0 Å². The Bertz CT molecular complexity index is 1150. The average Bonchev–Trinajstić information content (AvgIpc) is 2.65. The molecule has 0 N–H and O–H groups in total. The third kappa shape index (κ3) is 2.91. The van der Waals surface area contributed by atoms with Crippen molar-refractivity contribution in [2.24, 2.45) is 5.92 Å². The topological polar surface area (TPSA) is 55.5 Å². The molecular formula is C21H19ClN2O3. The molecule has 1 fully saturated rings. The number of hydrogen-bond donors (Lipinski definition) is 0. The number of fused-ring (bicyclic) bond motifs is 5. The van der Waals surface area contributed by atoms with Crippen LogP contribution in [0.3, 0.4) is 0 Å². The summed E-state index contributed by atoms with van der Waals surface area (Å²) in [4.78, 5) is 27.3. The lowest BCUT2D eigenvalue weighted by molar-refractivity contribution is 0.113. The standard InChI is InChI=1S/C21H19ClN2O3/c22-16-4-5-19-17(7-16)21(26)15(12-27-19)11-23-8-13-6-14(10-23)18-2-1-3-20(25)24(18)9-13/h1-5,7,12-14H,6,8-11H2/t13-,14-/m0/s1. The lowest BCUT2D eigenvalue weighted by atomic mass is 9.83. The number of halogens is 1. The highest BCUT2D eigenvalue weighted by Gasteiger charge is 2.34. The number of hydrogen-bond acceptors (Lipinski definition) is 4. The van der Waals surface area contributed by atoms with Gasteiger partial charge in [0.25, 0.3) is 5.56 Å². The van der Waals surface area contributed by atoms with E-state index in [1.165, 1.54) is 0 Å². The third-order valence-electron chi connectivity index (χ3n) is 5.76. The SMILES string of the molecule is O=c1c(CN2C[C@@H]3C[C@@H](C2)c2cccc(=O)n2C3)coc2ccc(Cl)cc12. The van der Waals surface area contributed by atoms with E-state index in [4.69, 9.17) is 16.0 Å². The van der Waals surface area contributed by atoms with Gasteiger partial charge in [0.2, 0.25) is 0 Å². The van der Waals surface area contributed by atoms with Crippen LogP contribution < -0.4 is 11.0 Å². The number of likely N-dealkylation sites (tertiary alicyclic amines) is 1. The average molecular weight is 383 g/mol. The van der Waals surface area contributed by atoms with Gasteiger partial charge in [-0.25, -0.2) is 0 Å². The molecule has 2 aromatic heterocycles. The lowest BCUT2D eigenvalue weighted by Crippen LogP contribution is -2.47. The maximum atomic E-state index is 12.9. The molecule has 2 aliphatic heterocycles. The van der Waals surface area contributed by atoms with Gasteiger partial charge in [-0.05, 0) is 36.6 Å². The van der Waals surface area contributed by atoms with Crippen LogP contribution in [0, 0.1) is 5.92 Å². The number of piperidine rings is 1. The Balaban J connectivity index is 1.45. The first-order valence-corrected chi connectivity index (χ1v) is 9.58. The number of aromatic nitrogens is 1. The summed E-state index contributed by atoms with van der Waals surface area (Å²) in [5.74, 6) is 0.756. The minimum Gasteiger partial charge on any atom is -0.464 e. The van der Waals surface area contributed by atoms with Crippen LogP contribution in [0.1, 0.15) is 23.6 Å². The van der Waals surface area contributed by atoms with Crippen molar-refractivity contribution in [1.82, 2.24) is 9.47 Å². The lowest BCUT2D eigenvalue weighted by Gasteiger charge is -2.42. The first-order valence-electron chi connectivity index (χ1n) is 9.20. The molecule has 2 aliphatic rings. The van der Waals surface area contributed by atoms with Crippen molar-refractivity contribution in [1.29, 1.82) is 0 Å². The van der Waals surface area contributed by atoms with E-state index in [0.717, 1.165) is 31.7 Å². The van der Waals surface area contributed by atoms with Crippen LogP contribution >= 0.6 is 11.6 Å². The van der Waals surface area contributed by atoms with Gasteiger partial charge in [0, 0.05) is 54.4 Å². The summed E-state index contributed by atoms with van der Waals surface area (Å²) in [5, 5.41) is 1.05. The zero-order chi connectivity index (χ0) is 18.5. The summed E-state index contributed by atoms with van der Waals surface area (Å²) < 4.78 is 7.57. The highest BCUT2D eigenvalue weighted by molar-refractivity contribution is 6.31. The molecule has 4 heterocycles. The minimum absolute atomic E-state index is 0.0221. The Morgan fingerprint density at radius 1 is 1.11 bits per heavy atom. The largest absolute Gasteiger partial charge is 0.464 e. The van der Waals surface area contributed by atoms with Crippen molar-refractivity contribution in [3.05, 3.63) is 79.5 Å². The van der Waals surface area contributed by atoms with Crippen LogP contribution in [0.4, 0.5) is 0 Å². The zero-order valence-corrected chi connectivity index (χ0v) is 15.5. The minimum atomic E-state index is -0.0221. The number of rotatable bonds is 2. The Hall–Kier alpha value is -2.37. The number of benzene rings is 1. The molecule has 3 aromatic rings. The number of nitrogens with zero attached hydrogens (tertiary/aromatic N) is 2. The molecule has 0 saturated carbocycles. The second kappa shape index (κ2) is 6.36. The molecule has 0 radical (unpaired) electrons. The Morgan fingerprint density at radius 2 is 2.00 bits per heavy atom. The van der Waals surface area contributed by atoms with E-state index in [0.29, 0.717) is 39.9 Å². The van der Waals surface area contributed by atoms with Crippen LogP contribution in [0.25, 0.3) is 11.0 Å². The summed E-state index contributed by atoms with van der Waals surface area (Å²) in [7, 11) is 0. The van der Waals surface area contributed by atoms with E-state index in [1.807, 2.05) is 10.6 Å². The summed E-state index contributed by atoms with van der Waals surface area (Å²) in [6.45, 7) is 3.02. The molecule has 1 saturated heterocycles. The Labute approximate surface area is 160 Å². The fourth-order valence-electron chi connectivity index (χ4n) is 4.62. The molecule has 0 aliphatic carbocycles. The van der Waals surface area contributed by atoms with Gasteiger partial charge < -0.3 is 8.98 Å². The van der Waals surface area contributed by atoms with E-state index in [1.54, 1.807) is 30.5 Å². The van der Waals surface area contributed by atoms with Gasteiger partial charge in [-0.3, -0.25) is 14.5 Å². The van der Waals surface area contributed by atoms with E-state index >= 15 is 0 Å². The summed E-state index contributed by atoms with van der Waals surface area (Å²) in [6.07, 6.45) is 2.67. The molecular weight excluding hydrogens is 364 g/mol. The summed E-state index contributed by atoms with van der Waals surface area (Å²) in [5.41, 5.74) is 2.38. The van der Waals surface area contributed by atoms with E-state index < -0.39 is 0 Å². The van der Waals surface area contributed by atoms with Gasteiger partial charge >= 0.3 is 0 Å². The Kier molecular flexibility index (Phi) is 3.95. The van der Waals surface area contributed by atoms with Crippen molar-refractivity contribution in [2.45, 2.75) is 25.4 Å². The quantitative estimate of drug-likeness (QED) is 0.682. The molecule has 5 rings (SSSR count). The summed E-state index contributed by atoms with van der Waals surface area (Å²) >= 11 is 6.04. The first-order chi connectivity index (χ1) is 13.1.